The number of hydrogen-bond acceptors (Lipinski definition) is 2. The summed E-state index contributed by atoms with van der Waals surface area (Å²) in [5.41, 5.74) is -0.900. The number of halogens is 1. The van der Waals surface area contributed by atoms with Crippen molar-refractivity contribution >= 4 is 0 Å². The third kappa shape index (κ3) is 2.64. The molecule has 2 fully saturated rings. The van der Waals surface area contributed by atoms with E-state index in [9.17, 15) is 9.50 Å². The minimum atomic E-state index is -0.900. The van der Waals surface area contributed by atoms with E-state index < -0.39 is 5.67 Å². The van der Waals surface area contributed by atoms with Gasteiger partial charge in [-0.15, -0.1) is 0 Å². The van der Waals surface area contributed by atoms with Crippen molar-refractivity contribution in [2.24, 2.45) is 0 Å². The second-order valence-electron chi connectivity index (χ2n) is 4.55. The van der Waals surface area contributed by atoms with Gasteiger partial charge in [-0.3, -0.25) is 0 Å². The van der Waals surface area contributed by atoms with Crippen molar-refractivity contribution in [1.29, 1.82) is 0 Å². The predicted molar refractivity (Wildman–Crippen MR) is 49.3 cm³/mol. The minimum Gasteiger partial charge on any atom is -0.393 e. The maximum Gasteiger partial charge on any atom is 0.123 e. The molecule has 2 rings (SSSR count). The smallest absolute Gasteiger partial charge is 0.123 e. The van der Waals surface area contributed by atoms with Gasteiger partial charge in [0, 0.05) is 12.6 Å². The van der Waals surface area contributed by atoms with Crippen LogP contribution < -0.4 is 5.32 Å². The summed E-state index contributed by atoms with van der Waals surface area (Å²) >= 11 is 0. The molecule has 0 aliphatic heterocycles. The van der Waals surface area contributed by atoms with Crippen molar-refractivity contribution in [3.05, 3.63) is 0 Å². The van der Waals surface area contributed by atoms with E-state index in [0.717, 1.165) is 38.5 Å². The van der Waals surface area contributed by atoms with E-state index in [1.165, 1.54) is 0 Å². The Morgan fingerprint density at radius 1 is 1.38 bits per heavy atom. The molecule has 2 nitrogen and oxygen atoms in total. The highest BCUT2D eigenvalue weighted by atomic mass is 19.1. The predicted octanol–water partition coefficient (Wildman–Crippen LogP) is 1.38. The van der Waals surface area contributed by atoms with Crippen LogP contribution in [0, 0.1) is 0 Å². The average Bonchev–Trinajstić information content (AvgIpc) is 2.82. The van der Waals surface area contributed by atoms with E-state index in [1.54, 1.807) is 0 Å². The molecule has 0 bridgehead atoms. The van der Waals surface area contributed by atoms with Crippen LogP contribution in [-0.2, 0) is 0 Å². The van der Waals surface area contributed by atoms with Crippen LogP contribution in [0.15, 0.2) is 0 Å². The quantitative estimate of drug-likeness (QED) is 0.699. The first-order valence-corrected chi connectivity index (χ1v) is 5.28. The molecule has 0 radical (unpaired) electrons. The third-order valence-corrected chi connectivity index (χ3v) is 3.15. The monoisotopic (exact) mass is 187 g/mol. The Bertz CT molecular complexity index is 182. The van der Waals surface area contributed by atoms with Crippen molar-refractivity contribution in [1.82, 2.24) is 5.32 Å². The van der Waals surface area contributed by atoms with Gasteiger partial charge in [0.2, 0.25) is 0 Å². The molecule has 2 atom stereocenters. The van der Waals surface area contributed by atoms with Gasteiger partial charge in [0.15, 0.2) is 0 Å². The highest BCUT2D eigenvalue weighted by Crippen LogP contribution is 2.39. The lowest BCUT2D eigenvalue weighted by Gasteiger charge is -2.27. The number of nitrogens with one attached hydrogen (secondary N) is 1. The molecule has 0 heterocycles. The second kappa shape index (κ2) is 3.54. The fourth-order valence-electron chi connectivity index (χ4n) is 1.99. The Balaban J connectivity index is 1.68. The summed E-state index contributed by atoms with van der Waals surface area (Å²) in [5, 5.41) is 12.6. The van der Waals surface area contributed by atoms with E-state index in [1.807, 2.05) is 0 Å². The topological polar surface area (TPSA) is 32.3 Å². The fraction of sp³-hybridized carbons (Fsp3) is 1.00. The molecular formula is C10H18FNO. The summed E-state index contributed by atoms with van der Waals surface area (Å²) in [6.07, 6.45) is 5.14. The third-order valence-electron chi connectivity index (χ3n) is 3.15. The van der Waals surface area contributed by atoms with Crippen LogP contribution in [0.25, 0.3) is 0 Å². The molecule has 0 aromatic rings. The molecule has 3 heteroatoms. The Morgan fingerprint density at radius 2 is 2.15 bits per heavy atom. The molecule has 0 aromatic heterocycles. The lowest BCUT2D eigenvalue weighted by atomic mass is 9.93. The highest BCUT2D eigenvalue weighted by Gasteiger charge is 2.43. The number of aliphatic hydroxyl groups excluding tert-OH is 1. The van der Waals surface area contributed by atoms with Crippen LogP contribution in [0.4, 0.5) is 4.39 Å². The zero-order chi connectivity index (χ0) is 9.31. The molecule has 2 unspecified atom stereocenters. The Labute approximate surface area is 78.5 Å². The maximum absolute atomic E-state index is 13.2. The van der Waals surface area contributed by atoms with Crippen LogP contribution in [-0.4, -0.2) is 29.5 Å². The maximum atomic E-state index is 13.2. The van der Waals surface area contributed by atoms with E-state index >= 15 is 0 Å². The summed E-state index contributed by atoms with van der Waals surface area (Å²) < 4.78 is 13.2. The van der Waals surface area contributed by atoms with Crippen molar-refractivity contribution in [2.75, 3.05) is 6.54 Å². The standard InChI is InChI=1S/C10H18FNO/c11-10(4-5-10)7-12-8-2-1-3-9(13)6-8/h8-9,12-13H,1-7H2. The molecule has 0 aromatic carbocycles. The van der Waals surface area contributed by atoms with Crippen LogP contribution in [0.2, 0.25) is 0 Å². The second-order valence-corrected chi connectivity index (χ2v) is 4.55. The molecule has 2 saturated carbocycles. The molecule has 0 saturated heterocycles. The zero-order valence-corrected chi connectivity index (χ0v) is 7.93. The first kappa shape index (κ1) is 9.41. The molecule has 2 aliphatic carbocycles. The summed E-state index contributed by atoms with van der Waals surface area (Å²) in [6.45, 7) is 0.490. The molecule has 0 amide bonds. The van der Waals surface area contributed by atoms with Gasteiger partial charge in [0.1, 0.15) is 5.67 Å². The summed E-state index contributed by atoms with van der Waals surface area (Å²) in [4.78, 5) is 0. The normalized spacial score (nSPS) is 37.4. The highest BCUT2D eigenvalue weighted by molar-refractivity contribution is 4.97. The van der Waals surface area contributed by atoms with Gasteiger partial charge in [0.05, 0.1) is 6.10 Å². The lowest BCUT2D eigenvalue weighted by molar-refractivity contribution is 0.108. The first-order chi connectivity index (χ1) is 6.18. The largest absolute Gasteiger partial charge is 0.393 e. The summed E-state index contributed by atoms with van der Waals surface area (Å²) in [5.74, 6) is 0. The molecule has 76 valence electrons. The van der Waals surface area contributed by atoms with Crippen LogP contribution in [0.3, 0.4) is 0 Å². The Hall–Kier alpha value is -0.150. The van der Waals surface area contributed by atoms with Gasteiger partial charge in [-0.25, -0.2) is 4.39 Å². The summed E-state index contributed by atoms with van der Waals surface area (Å²) in [7, 11) is 0. The summed E-state index contributed by atoms with van der Waals surface area (Å²) in [6, 6.07) is 0.344. The molecule has 2 N–H and O–H groups in total. The van der Waals surface area contributed by atoms with Gasteiger partial charge in [-0.2, -0.15) is 0 Å². The lowest BCUT2D eigenvalue weighted by Crippen LogP contribution is -2.39. The van der Waals surface area contributed by atoms with E-state index in [0.29, 0.717) is 12.6 Å². The minimum absolute atomic E-state index is 0.166. The van der Waals surface area contributed by atoms with Crippen molar-refractivity contribution in [3.8, 4) is 0 Å². The zero-order valence-electron chi connectivity index (χ0n) is 7.93. The Morgan fingerprint density at radius 3 is 2.77 bits per heavy atom. The van der Waals surface area contributed by atoms with Gasteiger partial charge in [0.25, 0.3) is 0 Å². The first-order valence-electron chi connectivity index (χ1n) is 5.28. The number of aliphatic hydroxyl groups is 1. The Kier molecular flexibility index (Phi) is 2.56. The van der Waals surface area contributed by atoms with Gasteiger partial charge in [-0.05, 0) is 38.5 Å². The number of rotatable bonds is 3. The molecule has 2 aliphatic rings. The SMILES string of the molecule is OC1CCCC(NCC2(F)CC2)C1. The fourth-order valence-corrected chi connectivity index (χ4v) is 1.99. The van der Waals surface area contributed by atoms with Crippen molar-refractivity contribution < 1.29 is 9.50 Å². The van der Waals surface area contributed by atoms with Crippen LogP contribution in [0.1, 0.15) is 38.5 Å². The number of hydrogen-bond donors (Lipinski definition) is 2. The average molecular weight is 187 g/mol. The van der Waals surface area contributed by atoms with Gasteiger partial charge >= 0.3 is 0 Å². The van der Waals surface area contributed by atoms with Crippen molar-refractivity contribution in [2.45, 2.75) is 56.3 Å². The van der Waals surface area contributed by atoms with E-state index in [-0.39, 0.29) is 6.10 Å². The molecule has 13 heavy (non-hydrogen) atoms. The van der Waals surface area contributed by atoms with Crippen molar-refractivity contribution in [3.63, 3.8) is 0 Å². The van der Waals surface area contributed by atoms with E-state index in [4.69, 9.17) is 0 Å². The molecular weight excluding hydrogens is 169 g/mol. The number of alkyl halides is 1. The van der Waals surface area contributed by atoms with E-state index in [2.05, 4.69) is 5.32 Å². The van der Waals surface area contributed by atoms with Crippen LogP contribution in [0.5, 0.6) is 0 Å². The van der Waals surface area contributed by atoms with Crippen LogP contribution >= 0.6 is 0 Å². The molecule has 0 spiro atoms. The van der Waals surface area contributed by atoms with Gasteiger partial charge in [-0.1, -0.05) is 0 Å². The van der Waals surface area contributed by atoms with Gasteiger partial charge < -0.3 is 10.4 Å².